The summed E-state index contributed by atoms with van der Waals surface area (Å²) >= 11 is 0. The average Bonchev–Trinajstić information content (AvgIpc) is 2.60. The highest BCUT2D eigenvalue weighted by molar-refractivity contribution is 5.69. The van der Waals surface area contributed by atoms with E-state index in [0.717, 1.165) is 6.42 Å². The van der Waals surface area contributed by atoms with Crippen molar-refractivity contribution in [2.45, 2.75) is 71.5 Å². The van der Waals surface area contributed by atoms with E-state index in [4.69, 9.17) is 30.3 Å². The molecular weight excluding hydrogens is 376 g/mol. The van der Waals surface area contributed by atoms with Gasteiger partial charge in [0, 0.05) is 18.3 Å². The van der Waals surface area contributed by atoms with Crippen molar-refractivity contribution in [3.63, 3.8) is 0 Å². The maximum Gasteiger partial charge on any atom is 0.505 e. The van der Waals surface area contributed by atoms with Gasteiger partial charge in [0.25, 0.3) is 0 Å². The molecule has 0 aliphatic heterocycles. The summed E-state index contributed by atoms with van der Waals surface area (Å²) in [6.07, 6.45) is 1.14. The summed E-state index contributed by atoms with van der Waals surface area (Å²) in [5.74, 6) is -1.19. The third-order valence-corrected chi connectivity index (χ3v) is 3.41. The molecule has 0 aromatic carbocycles. The summed E-state index contributed by atoms with van der Waals surface area (Å²) in [5, 5.41) is 42.2. The van der Waals surface area contributed by atoms with Crippen LogP contribution in [0.4, 0.5) is 4.79 Å². The monoisotopic (exact) mass is 410 g/mol. The molecule has 0 spiro atoms. The number of hydrogen-bond donors (Lipinski definition) is 5. The number of rotatable bonds is 14. The van der Waals surface area contributed by atoms with Crippen molar-refractivity contribution in [2.24, 2.45) is 5.41 Å². The van der Waals surface area contributed by atoms with E-state index in [0.29, 0.717) is 32.1 Å². The predicted molar refractivity (Wildman–Crippen MR) is 98.6 cm³/mol. The Bertz CT molecular complexity index is 434. The van der Waals surface area contributed by atoms with E-state index >= 15 is 0 Å². The van der Waals surface area contributed by atoms with Crippen molar-refractivity contribution < 1.29 is 49.4 Å². The SMILES string of the molecule is CC(C)(CO)COC(=O)CCCCC(=O)O.O=C(O)OCCCCCC(O)O. The van der Waals surface area contributed by atoms with Gasteiger partial charge in [0.2, 0.25) is 0 Å². The highest BCUT2D eigenvalue weighted by atomic mass is 16.7. The molecule has 0 aromatic rings. The Kier molecular flexibility index (Phi) is 17.4. The van der Waals surface area contributed by atoms with Crippen LogP contribution >= 0.6 is 0 Å². The number of carboxylic acids is 1. The molecular formula is C18H34O10. The summed E-state index contributed by atoms with van der Waals surface area (Å²) in [4.78, 5) is 31.2. The molecule has 28 heavy (non-hydrogen) atoms. The third kappa shape index (κ3) is 24.1. The molecule has 0 saturated carbocycles. The molecule has 0 aromatic heterocycles. The first-order chi connectivity index (χ1) is 13.0. The molecule has 0 fully saturated rings. The van der Waals surface area contributed by atoms with Crippen LogP contribution in [0.25, 0.3) is 0 Å². The zero-order chi connectivity index (χ0) is 22.0. The molecule has 0 atom stereocenters. The lowest BCUT2D eigenvalue weighted by Crippen LogP contribution is -2.25. The quantitative estimate of drug-likeness (QED) is 0.161. The largest absolute Gasteiger partial charge is 0.505 e. The van der Waals surface area contributed by atoms with Gasteiger partial charge in [0.05, 0.1) is 19.8 Å². The Hall–Kier alpha value is -1.91. The zero-order valence-corrected chi connectivity index (χ0v) is 16.6. The highest BCUT2D eigenvalue weighted by Gasteiger charge is 2.18. The molecule has 0 amide bonds. The van der Waals surface area contributed by atoms with Crippen LogP contribution in [0.1, 0.15) is 65.2 Å². The molecule has 0 unspecified atom stereocenters. The van der Waals surface area contributed by atoms with Gasteiger partial charge in [-0.05, 0) is 38.5 Å². The number of hydrogen-bond acceptors (Lipinski definition) is 8. The minimum Gasteiger partial charge on any atom is -0.481 e. The Balaban J connectivity index is 0. The molecule has 10 nitrogen and oxygen atoms in total. The van der Waals surface area contributed by atoms with Crippen molar-refractivity contribution in [1.82, 2.24) is 0 Å². The van der Waals surface area contributed by atoms with E-state index in [1.54, 1.807) is 13.8 Å². The fraction of sp³-hybridized carbons (Fsp3) is 0.833. The number of aliphatic hydroxyl groups is 3. The van der Waals surface area contributed by atoms with E-state index in [-0.39, 0.29) is 38.6 Å². The molecule has 0 radical (unpaired) electrons. The molecule has 10 heteroatoms. The van der Waals surface area contributed by atoms with Crippen LogP contribution in [0.15, 0.2) is 0 Å². The number of aliphatic carboxylic acids is 1. The summed E-state index contributed by atoms with van der Waals surface area (Å²) in [6.45, 7) is 3.91. The number of aliphatic hydroxyl groups excluding tert-OH is 2. The average molecular weight is 410 g/mol. The Morgan fingerprint density at radius 2 is 1.50 bits per heavy atom. The number of carbonyl (C=O) groups is 3. The summed E-state index contributed by atoms with van der Waals surface area (Å²) in [5.41, 5.74) is -0.420. The van der Waals surface area contributed by atoms with E-state index in [9.17, 15) is 14.4 Å². The second-order valence-corrected chi connectivity index (χ2v) is 7.03. The number of ether oxygens (including phenoxy) is 2. The van der Waals surface area contributed by atoms with E-state index in [2.05, 4.69) is 4.74 Å². The van der Waals surface area contributed by atoms with Crippen LogP contribution < -0.4 is 0 Å². The lowest BCUT2D eigenvalue weighted by Gasteiger charge is -2.20. The molecule has 0 aliphatic carbocycles. The number of unbranched alkanes of at least 4 members (excludes halogenated alkanes) is 3. The lowest BCUT2D eigenvalue weighted by molar-refractivity contribution is -0.148. The van der Waals surface area contributed by atoms with E-state index < -0.39 is 23.8 Å². The zero-order valence-electron chi connectivity index (χ0n) is 16.6. The minimum atomic E-state index is -1.27. The first-order valence-electron chi connectivity index (χ1n) is 9.20. The second-order valence-electron chi connectivity index (χ2n) is 7.03. The molecule has 5 N–H and O–H groups in total. The van der Waals surface area contributed by atoms with Gasteiger partial charge >= 0.3 is 18.1 Å². The molecule has 0 rings (SSSR count). The topological polar surface area (TPSA) is 171 Å². The van der Waals surface area contributed by atoms with E-state index in [1.807, 2.05) is 0 Å². The van der Waals surface area contributed by atoms with Gasteiger partial charge in [-0.15, -0.1) is 0 Å². The molecule has 0 heterocycles. The number of esters is 1. The van der Waals surface area contributed by atoms with E-state index in [1.165, 1.54) is 0 Å². The van der Waals surface area contributed by atoms with Crippen molar-refractivity contribution in [3.8, 4) is 0 Å². The minimum absolute atomic E-state index is 0.0424. The predicted octanol–water partition coefficient (Wildman–Crippen LogP) is 1.75. The number of carboxylic acid groups (broad SMARTS) is 2. The van der Waals surface area contributed by atoms with Gasteiger partial charge in [0.15, 0.2) is 6.29 Å². The highest BCUT2D eigenvalue weighted by Crippen LogP contribution is 2.14. The first-order valence-corrected chi connectivity index (χ1v) is 9.20. The van der Waals surface area contributed by atoms with Crippen LogP contribution in [0.3, 0.4) is 0 Å². The van der Waals surface area contributed by atoms with Gasteiger partial charge in [-0.25, -0.2) is 4.79 Å². The fourth-order valence-corrected chi connectivity index (χ4v) is 1.70. The van der Waals surface area contributed by atoms with Gasteiger partial charge in [-0.2, -0.15) is 0 Å². The van der Waals surface area contributed by atoms with Crippen molar-refractivity contribution in [2.75, 3.05) is 19.8 Å². The van der Waals surface area contributed by atoms with Crippen molar-refractivity contribution in [1.29, 1.82) is 0 Å². The summed E-state index contributed by atoms with van der Waals surface area (Å²) in [7, 11) is 0. The Labute approximate surface area is 165 Å². The lowest BCUT2D eigenvalue weighted by atomic mass is 9.97. The van der Waals surface area contributed by atoms with Crippen LogP contribution in [0.5, 0.6) is 0 Å². The molecule has 166 valence electrons. The molecule has 0 aliphatic rings. The smallest absolute Gasteiger partial charge is 0.481 e. The van der Waals surface area contributed by atoms with Gasteiger partial charge < -0.3 is 35.0 Å². The standard InChI is InChI=1S/C11H20O5.C7H14O5/c1-11(2,7-12)8-16-10(15)6-4-3-5-9(13)14;8-6(9)4-2-1-3-5-12-7(10)11/h12H,3-8H2,1-2H3,(H,13,14);6,8-9H,1-5H2,(H,10,11). The Morgan fingerprint density at radius 1 is 0.893 bits per heavy atom. The third-order valence-electron chi connectivity index (χ3n) is 3.41. The van der Waals surface area contributed by atoms with Crippen molar-refractivity contribution >= 4 is 18.1 Å². The van der Waals surface area contributed by atoms with Crippen LogP contribution in [-0.2, 0) is 19.1 Å². The van der Waals surface area contributed by atoms with Gasteiger partial charge in [-0.3, -0.25) is 9.59 Å². The normalized spacial score (nSPS) is 10.8. The fourth-order valence-electron chi connectivity index (χ4n) is 1.70. The molecule has 0 saturated heterocycles. The van der Waals surface area contributed by atoms with Crippen molar-refractivity contribution in [3.05, 3.63) is 0 Å². The van der Waals surface area contributed by atoms with Crippen LogP contribution in [0.2, 0.25) is 0 Å². The van der Waals surface area contributed by atoms with Crippen LogP contribution in [-0.4, -0.2) is 69.7 Å². The molecule has 0 bridgehead atoms. The second kappa shape index (κ2) is 17.2. The van der Waals surface area contributed by atoms with Crippen LogP contribution in [0, 0.1) is 5.41 Å². The van der Waals surface area contributed by atoms with Gasteiger partial charge in [-0.1, -0.05) is 13.8 Å². The number of carbonyl (C=O) groups excluding carboxylic acids is 1. The first kappa shape index (κ1) is 28.3. The maximum atomic E-state index is 11.2. The summed E-state index contributed by atoms with van der Waals surface area (Å²) in [6, 6.07) is 0. The van der Waals surface area contributed by atoms with Gasteiger partial charge in [0.1, 0.15) is 0 Å². The Morgan fingerprint density at radius 3 is 2.00 bits per heavy atom. The maximum absolute atomic E-state index is 11.2. The summed E-state index contributed by atoms with van der Waals surface area (Å²) < 4.78 is 9.20.